The van der Waals surface area contributed by atoms with Crippen molar-refractivity contribution in [3.8, 4) is 0 Å². The first-order valence-corrected chi connectivity index (χ1v) is 17.5. The second kappa shape index (κ2) is 21.0. The number of benzene rings is 1. The van der Waals surface area contributed by atoms with Gasteiger partial charge in [0.25, 0.3) is 0 Å². The summed E-state index contributed by atoms with van der Waals surface area (Å²) in [4.78, 5) is 116. The maximum atomic E-state index is 13.6. The Morgan fingerprint density at radius 3 is 1.75 bits per heavy atom. The van der Waals surface area contributed by atoms with Crippen LogP contribution in [0.2, 0.25) is 0 Å². The van der Waals surface area contributed by atoms with Crippen molar-refractivity contribution in [1.82, 2.24) is 31.6 Å². The number of para-hydroxylation sites is 1. The molecular formula is C35H50N8O12. The fourth-order valence-electron chi connectivity index (χ4n) is 5.54. The molecule has 0 unspecified atom stereocenters. The van der Waals surface area contributed by atoms with E-state index in [4.69, 9.17) is 16.6 Å². The third kappa shape index (κ3) is 14.4. The van der Waals surface area contributed by atoms with E-state index in [0.29, 0.717) is 6.42 Å². The number of nitrogens with one attached hydrogen (secondary N) is 6. The molecule has 1 aromatic carbocycles. The molecule has 2 aromatic rings. The molecule has 20 nitrogen and oxygen atoms in total. The highest BCUT2D eigenvalue weighted by Gasteiger charge is 2.36. The molecule has 0 aliphatic carbocycles. The van der Waals surface area contributed by atoms with Gasteiger partial charge in [-0.3, -0.25) is 38.4 Å². The van der Waals surface area contributed by atoms with Gasteiger partial charge in [-0.25, -0.2) is 4.79 Å². The van der Waals surface area contributed by atoms with E-state index in [9.17, 15) is 53.4 Å². The monoisotopic (exact) mass is 774 g/mol. The van der Waals surface area contributed by atoms with Crippen molar-refractivity contribution < 1.29 is 58.5 Å². The Morgan fingerprint density at radius 1 is 0.691 bits per heavy atom. The number of carboxylic acid groups (broad SMARTS) is 3. The molecule has 0 radical (unpaired) electrons. The van der Waals surface area contributed by atoms with Crippen LogP contribution >= 0.6 is 0 Å². The number of hydrogen-bond donors (Lipinski definition) is 11. The Hall–Kier alpha value is -6.05. The van der Waals surface area contributed by atoms with Gasteiger partial charge in [-0.2, -0.15) is 0 Å². The van der Waals surface area contributed by atoms with Crippen LogP contribution in [0.5, 0.6) is 0 Å². The molecule has 6 amide bonds. The molecule has 55 heavy (non-hydrogen) atoms. The predicted octanol–water partition coefficient (Wildman–Crippen LogP) is -1.54. The minimum Gasteiger partial charge on any atom is -0.481 e. The van der Waals surface area contributed by atoms with Crippen molar-refractivity contribution in [2.45, 2.75) is 102 Å². The summed E-state index contributed by atoms with van der Waals surface area (Å²) in [6, 6.07) is -2.00. The van der Waals surface area contributed by atoms with Gasteiger partial charge in [0.2, 0.25) is 35.4 Å². The Bertz CT molecular complexity index is 1740. The molecule has 0 aliphatic heterocycles. The van der Waals surface area contributed by atoms with Crippen LogP contribution in [0.4, 0.5) is 0 Å². The van der Waals surface area contributed by atoms with E-state index in [1.165, 1.54) is 0 Å². The van der Waals surface area contributed by atoms with E-state index in [0.717, 1.165) is 16.5 Å². The molecule has 0 saturated heterocycles. The van der Waals surface area contributed by atoms with E-state index in [-0.39, 0.29) is 18.8 Å². The minimum absolute atomic E-state index is 0.0971. The zero-order valence-electron chi connectivity index (χ0n) is 30.9. The fourth-order valence-corrected chi connectivity index (χ4v) is 5.54. The third-order valence-electron chi connectivity index (χ3n) is 8.63. The van der Waals surface area contributed by atoms with Crippen molar-refractivity contribution in [2.24, 2.45) is 23.3 Å². The second-order valence-corrected chi connectivity index (χ2v) is 13.6. The molecule has 0 aliphatic rings. The van der Waals surface area contributed by atoms with Crippen LogP contribution in [-0.2, 0) is 49.6 Å². The molecule has 0 saturated carbocycles. The highest BCUT2D eigenvalue weighted by molar-refractivity contribution is 5.99. The van der Waals surface area contributed by atoms with Gasteiger partial charge in [0.05, 0.1) is 25.3 Å². The number of aromatic nitrogens is 1. The van der Waals surface area contributed by atoms with Crippen molar-refractivity contribution in [3.05, 3.63) is 36.0 Å². The fraction of sp³-hybridized carbons (Fsp3) is 0.514. The number of rotatable bonds is 23. The number of nitrogens with two attached hydrogens (primary N) is 2. The molecule has 2 rings (SSSR count). The third-order valence-corrected chi connectivity index (χ3v) is 8.63. The number of carboxylic acids is 3. The molecule has 0 bridgehead atoms. The zero-order valence-corrected chi connectivity index (χ0v) is 30.9. The first kappa shape index (κ1) is 45.1. The lowest BCUT2D eigenvalue weighted by molar-refractivity contribution is -0.147. The number of carbonyl (C=O) groups excluding carboxylic acids is 6. The smallest absolute Gasteiger partial charge is 0.326 e. The van der Waals surface area contributed by atoms with Crippen LogP contribution in [0.25, 0.3) is 10.9 Å². The molecule has 7 atom stereocenters. The van der Waals surface area contributed by atoms with E-state index in [1.807, 2.05) is 29.6 Å². The number of amides is 6. The van der Waals surface area contributed by atoms with Crippen molar-refractivity contribution in [3.63, 3.8) is 0 Å². The summed E-state index contributed by atoms with van der Waals surface area (Å²) in [5.41, 5.74) is 13.1. The van der Waals surface area contributed by atoms with E-state index >= 15 is 0 Å². The molecule has 0 spiro atoms. The highest BCUT2D eigenvalue weighted by atomic mass is 16.4. The lowest BCUT2D eigenvalue weighted by Crippen LogP contribution is -2.60. The number of aromatic amines is 1. The van der Waals surface area contributed by atoms with Gasteiger partial charge in [0, 0.05) is 17.1 Å². The van der Waals surface area contributed by atoms with Gasteiger partial charge in [-0.05, 0) is 36.3 Å². The molecule has 0 fully saturated rings. The van der Waals surface area contributed by atoms with Crippen LogP contribution in [-0.4, -0.2) is 110 Å². The van der Waals surface area contributed by atoms with Crippen molar-refractivity contribution in [2.75, 3.05) is 0 Å². The number of H-pyrrole nitrogens is 1. The molecular weight excluding hydrogens is 724 g/mol. The van der Waals surface area contributed by atoms with Gasteiger partial charge in [-0.1, -0.05) is 52.3 Å². The summed E-state index contributed by atoms with van der Waals surface area (Å²) in [5.74, 6) is -11.7. The first-order chi connectivity index (χ1) is 25.7. The molecule has 20 heteroatoms. The Labute approximate surface area is 315 Å². The van der Waals surface area contributed by atoms with Crippen LogP contribution in [0.3, 0.4) is 0 Å². The molecule has 302 valence electrons. The predicted molar refractivity (Wildman–Crippen MR) is 194 cm³/mol. The Kier molecular flexibility index (Phi) is 17.2. The molecule has 1 heterocycles. The molecule has 13 N–H and O–H groups in total. The first-order valence-electron chi connectivity index (χ1n) is 17.5. The molecule has 1 aromatic heterocycles. The van der Waals surface area contributed by atoms with Gasteiger partial charge >= 0.3 is 17.9 Å². The Balaban J connectivity index is 2.26. The van der Waals surface area contributed by atoms with E-state index < -0.39 is 115 Å². The van der Waals surface area contributed by atoms with Crippen LogP contribution in [0.1, 0.15) is 65.4 Å². The number of fused-ring (bicyclic) bond motifs is 1. The number of hydrogen-bond acceptors (Lipinski definition) is 10. The summed E-state index contributed by atoms with van der Waals surface area (Å²) in [7, 11) is 0. The zero-order chi connectivity index (χ0) is 41.6. The quantitative estimate of drug-likeness (QED) is 0.0611. The summed E-state index contributed by atoms with van der Waals surface area (Å²) in [6.07, 6.45) is -0.726. The average Bonchev–Trinajstić information content (AvgIpc) is 3.50. The maximum absolute atomic E-state index is 13.6. The topological polar surface area (TPSA) is 342 Å². The summed E-state index contributed by atoms with van der Waals surface area (Å²) in [5, 5.41) is 40.2. The van der Waals surface area contributed by atoms with E-state index in [1.54, 1.807) is 33.9 Å². The van der Waals surface area contributed by atoms with Gasteiger partial charge in [-0.15, -0.1) is 0 Å². The van der Waals surface area contributed by atoms with E-state index in [2.05, 4.69) is 26.3 Å². The lowest BCUT2D eigenvalue weighted by Gasteiger charge is -2.28. The van der Waals surface area contributed by atoms with Crippen molar-refractivity contribution in [1.29, 1.82) is 0 Å². The largest absolute Gasteiger partial charge is 0.481 e. The number of carbonyl (C=O) groups is 9. The second-order valence-electron chi connectivity index (χ2n) is 13.6. The number of aliphatic carboxylic acids is 3. The lowest BCUT2D eigenvalue weighted by atomic mass is 9.96. The summed E-state index contributed by atoms with van der Waals surface area (Å²) >= 11 is 0. The summed E-state index contributed by atoms with van der Waals surface area (Å²) in [6.45, 7) is 6.69. The number of primary amides is 1. The standard InChI is InChI=1S/C35H50N8O12/c1-5-17(4)29(43-30(49)20(36)11-18-15-38-21-9-7-6-8-19(18)21)34(53)41-24(13-27(45)46)33(52)40-23(12-26(37)44)32(51)39-22(10-16(2)3)31(50)42-25(35(54)55)14-28(47)48/h6-9,15-17,20,22-25,29,38H,5,10-14,36H2,1-4H3,(H2,37,44)(H,39,51)(H,40,52)(H,41,53)(H,42,50)(H,43,49)(H,45,46)(H,47,48)(H,54,55)/t17-,20-,22-,23-,24-,25-,29-/m0/s1. The minimum atomic E-state index is -1.85. The normalized spacial score (nSPS) is 14.9. The van der Waals surface area contributed by atoms with Crippen LogP contribution < -0.4 is 38.1 Å². The van der Waals surface area contributed by atoms with Crippen LogP contribution in [0, 0.1) is 11.8 Å². The van der Waals surface area contributed by atoms with Gasteiger partial charge in [0.15, 0.2) is 0 Å². The van der Waals surface area contributed by atoms with Gasteiger partial charge < -0.3 is 58.4 Å². The average molecular weight is 775 g/mol. The Morgan fingerprint density at radius 2 is 1.20 bits per heavy atom. The van der Waals surface area contributed by atoms with Crippen molar-refractivity contribution >= 4 is 64.3 Å². The van der Waals surface area contributed by atoms with Crippen LogP contribution in [0.15, 0.2) is 30.5 Å². The highest BCUT2D eigenvalue weighted by Crippen LogP contribution is 2.19. The van der Waals surface area contributed by atoms with Gasteiger partial charge in [0.1, 0.15) is 30.2 Å². The summed E-state index contributed by atoms with van der Waals surface area (Å²) < 4.78 is 0. The maximum Gasteiger partial charge on any atom is 0.326 e. The SMILES string of the molecule is CC[C@H](C)[C@H](NC(=O)[C@@H](N)Cc1c[nH]c2ccccc12)C(=O)N[C@@H](CC(=O)O)C(=O)N[C@@H](CC(N)=O)C(=O)N[C@@H](CC(C)C)C(=O)N[C@@H](CC(=O)O)C(=O)O.